The summed E-state index contributed by atoms with van der Waals surface area (Å²) in [6, 6.07) is 63.7. The van der Waals surface area contributed by atoms with Crippen LogP contribution in [-0.4, -0.2) is 0 Å². The third kappa shape index (κ3) is 4.29. The number of rotatable bonds is 4. The first-order valence-corrected chi connectivity index (χ1v) is 18.2. The summed E-state index contributed by atoms with van der Waals surface area (Å²) in [6.45, 7) is 0. The first-order chi connectivity index (χ1) is 25.3. The molecule has 0 saturated heterocycles. The lowest BCUT2D eigenvalue weighted by atomic mass is 9.97. The van der Waals surface area contributed by atoms with Crippen molar-refractivity contribution in [3.05, 3.63) is 176 Å². The van der Waals surface area contributed by atoms with Gasteiger partial charge in [0.15, 0.2) is 0 Å². The molecule has 2 nitrogen and oxygen atoms in total. The summed E-state index contributed by atoms with van der Waals surface area (Å²) in [5.41, 5.74) is 7.70. The van der Waals surface area contributed by atoms with Gasteiger partial charge in [-0.3, -0.25) is 0 Å². The first-order valence-electron chi connectivity index (χ1n) is 17.3. The molecule has 0 bridgehead atoms. The minimum absolute atomic E-state index is 0.946. The van der Waals surface area contributed by atoms with Crippen molar-refractivity contribution in [2.45, 2.75) is 0 Å². The Morgan fingerprint density at radius 2 is 0.961 bits per heavy atom. The number of benzene rings is 9. The molecule has 0 amide bonds. The molecule has 2 heterocycles. The SMILES string of the molecule is c1ccc2c(-c3ccc(N(c4cccc5ccccc45)c4cccc5sc6ccc7c8ccc9ccccc9c8oc7c6c45)cc3)cccc2c1. The van der Waals surface area contributed by atoms with Gasteiger partial charge in [-0.25, -0.2) is 0 Å². The molecule has 51 heavy (non-hydrogen) atoms. The molecule has 0 radical (unpaired) electrons. The van der Waals surface area contributed by atoms with E-state index in [0.717, 1.165) is 44.4 Å². The molecule has 238 valence electrons. The van der Waals surface area contributed by atoms with Gasteiger partial charge in [-0.1, -0.05) is 127 Å². The fourth-order valence-corrected chi connectivity index (χ4v) is 9.24. The van der Waals surface area contributed by atoms with E-state index < -0.39 is 0 Å². The van der Waals surface area contributed by atoms with Gasteiger partial charge in [0.1, 0.15) is 11.2 Å². The van der Waals surface area contributed by atoms with Crippen molar-refractivity contribution >= 4 is 103 Å². The highest BCUT2D eigenvalue weighted by atomic mass is 32.1. The summed E-state index contributed by atoms with van der Waals surface area (Å²) in [5.74, 6) is 0. The maximum atomic E-state index is 6.95. The number of thiophene rings is 1. The number of hydrogen-bond donors (Lipinski definition) is 0. The molecule has 0 fully saturated rings. The molecule has 9 aromatic carbocycles. The second-order valence-corrected chi connectivity index (χ2v) is 14.3. The topological polar surface area (TPSA) is 16.4 Å². The van der Waals surface area contributed by atoms with E-state index in [0.29, 0.717) is 0 Å². The Kier molecular flexibility index (Phi) is 6.16. The Bertz CT molecular complexity index is 3140. The average Bonchev–Trinajstić information content (AvgIpc) is 3.77. The van der Waals surface area contributed by atoms with Gasteiger partial charge in [0.05, 0.1) is 11.4 Å². The van der Waals surface area contributed by atoms with Crippen molar-refractivity contribution < 1.29 is 4.42 Å². The van der Waals surface area contributed by atoms with Crippen molar-refractivity contribution in [2.75, 3.05) is 4.90 Å². The Labute approximate surface area is 298 Å². The van der Waals surface area contributed by atoms with Crippen molar-refractivity contribution in [1.29, 1.82) is 0 Å². The second kappa shape index (κ2) is 11.0. The molecule has 11 rings (SSSR count). The number of hydrogen-bond acceptors (Lipinski definition) is 3. The largest absolute Gasteiger partial charge is 0.455 e. The number of anilines is 3. The van der Waals surface area contributed by atoms with Gasteiger partial charge in [0, 0.05) is 47.4 Å². The van der Waals surface area contributed by atoms with E-state index in [1.807, 2.05) is 11.3 Å². The molecular formula is C48H29NOS. The maximum Gasteiger partial charge on any atom is 0.144 e. The standard InChI is InChI=1S/C48H29NOS/c1-4-15-35-30(10-1)13-7-18-36(35)33-22-25-34(26-23-33)49(41-19-8-14-31-11-2-5-16-37(31)41)42-20-9-21-43-45(42)46-44(51-43)29-28-40-39-27-24-32-12-3-6-17-38(32)47(39)50-48(40)46/h1-29H. The third-order valence-electron chi connectivity index (χ3n) is 10.4. The molecular weight excluding hydrogens is 639 g/mol. The molecule has 0 saturated carbocycles. The van der Waals surface area contributed by atoms with Crippen molar-refractivity contribution in [1.82, 2.24) is 0 Å². The zero-order chi connectivity index (χ0) is 33.5. The zero-order valence-corrected chi connectivity index (χ0v) is 28.3. The smallest absolute Gasteiger partial charge is 0.144 e. The van der Waals surface area contributed by atoms with Gasteiger partial charge in [-0.05, 0) is 81.2 Å². The average molecular weight is 668 g/mol. The van der Waals surface area contributed by atoms with E-state index in [2.05, 4.69) is 181 Å². The summed E-state index contributed by atoms with van der Waals surface area (Å²) in [7, 11) is 0. The summed E-state index contributed by atoms with van der Waals surface area (Å²) in [4.78, 5) is 2.45. The molecule has 0 spiro atoms. The molecule has 0 atom stereocenters. The third-order valence-corrected chi connectivity index (χ3v) is 11.6. The van der Waals surface area contributed by atoms with Crippen LogP contribution in [0.25, 0.3) is 85.6 Å². The van der Waals surface area contributed by atoms with E-state index >= 15 is 0 Å². The Morgan fingerprint density at radius 1 is 0.373 bits per heavy atom. The van der Waals surface area contributed by atoms with Crippen LogP contribution in [0, 0.1) is 0 Å². The van der Waals surface area contributed by atoms with Gasteiger partial charge < -0.3 is 9.32 Å². The maximum absolute atomic E-state index is 6.95. The monoisotopic (exact) mass is 667 g/mol. The minimum Gasteiger partial charge on any atom is -0.455 e. The Balaban J connectivity index is 1.19. The lowest BCUT2D eigenvalue weighted by Gasteiger charge is -2.28. The van der Waals surface area contributed by atoms with Gasteiger partial charge in [-0.15, -0.1) is 11.3 Å². The van der Waals surface area contributed by atoms with Gasteiger partial charge in [0.2, 0.25) is 0 Å². The van der Waals surface area contributed by atoms with E-state index in [9.17, 15) is 0 Å². The number of furan rings is 1. The highest BCUT2D eigenvalue weighted by Gasteiger charge is 2.23. The quantitative estimate of drug-likeness (QED) is 0.186. The fourth-order valence-electron chi connectivity index (χ4n) is 8.11. The Morgan fingerprint density at radius 3 is 1.78 bits per heavy atom. The summed E-state index contributed by atoms with van der Waals surface area (Å²) in [5, 5.41) is 11.9. The lowest BCUT2D eigenvalue weighted by Crippen LogP contribution is -2.10. The van der Waals surface area contributed by atoms with Crippen LogP contribution in [0.3, 0.4) is 0 Å². The lowest BCUT2D eigenvalue weighted by molar-refractivity contribution is 0.677. The molecule has 2 aromatic heterocycles. The summed E-state index contributed by atoms with van der Waals surface area (Å²) >= 11 is 1.83. The first kappa shape index (κ1) is 28.4. The van der Waals surface area contributed by atoms with Crippen molar-refractivity contribution in [3.8, 4) is 11.1 Å². The van der Waals surface area contributed by atoms with Crippen LogP contribution in [0.1, 0.15) is 0 Å². The van der Waals surface area contributed by atoms with Gasteiger partial charge in [-0.2, -0.15) is 0 Å². The van der Waals surface area contributed by atoms with Crippen molar-refractivity contribution in [2.24, 2.45) is 0 Å². The number of fused-ring (bicyclic) bond motifs is 11. The van der Waals surface area contributed by atoms with Gasteiger partial charge >= 0.3 is 0 Å². The summed E-state index contributed by atoms with van der Waals surface area (Å²) in [6.07, 6.45) is 0. The molecule has 0 unspecified atom stereocenters. The van der Waals surface area contributed by atoms with Crippen LogP contribution in [0.4, 0.5) is 17.1 Å². The van der Waals surface area contributed by atoms with Crippen LogP contribution in [0.15, 0.2) is 180 Å². The van der Waals surface area contributed by atoms with E-state index in [1.165, 1.54) is 58.2 Å². The van der Waals surface area contributed by atoms with E-state index in [4.69, 9.17) is 4.42 Å². The van der Waals surface area contributed by atoms with Gasteiger partial charge in [0.25, 0.3) is 0 Å². The molecule has 11 aromatic rings. The Hall–Kier alpha value is -6.42. The molecule has 0 aliphatic heterocycles. The predicted molar refractivity (Wildman–Crippen MR) is 219 cm³/mol. The highest BCUT2D eigenvalue weighted by Crippen LogP contribution is 2.49. The predicted octanol–water partition coefficient (Wildman–Crippen LogP) is 14.6. The minimum atomic E-state index is 0.946. The normalized spacial score (nSPS) is 11.9. The van der Waals surface area contributed by atoms with Crippen LogP contribution in [-0.2, 0) is 0 Å². The number of nitrogens with zero attached hydrogens (tertiary/aromatic N) is 1. The van der Waals surface area contributed by atoms with Crippen molar-refractivity contribution in [3.63, 3.8) is 0 Å². The van der Waals surface area contributed by atoms with E-state index in [-0.39, 0.29) is 0 Å². The molecule has 0 aliphatic rings. The second-order valence-electron chi connectivity index (χ2n) is 13.2. The molecule has 0 aliphatic carbocycles. The van der Waals surface area contributed by atoms with Crippen LogP contribution < -0.4 is 4.90 Å². The van der Waals surface area contributed by atoms with Crippen LogP contribution in [0.2, 0.25) is 0 Å². The molecule has 0 N–H and O–H groups in total. The van der Waals surface area contributed by atoms with E-state index in [1.54, 1.807) is 0 Å². The fraction of sp³-hybridized carbons (Fsp3) is 0. The van der Waals surface area contributed by atoms with Crippen LogP contribution in [0.5, 0.6) is 0 Å². The van der Waals surface area contributed by atoms with Crippen LogP contribution >= 0.6 is 11.3 Å². The molecule has 3 heteroatoms. The zero-order valence-electron chi connectivity index (χ0n) is 27.5. The highest BCUT2D eigenvalue weighted by molar-refractivity contribution is 7.26. The summed E-state index contributed by atoms with van der Waals surface area (Å²) < 4.78 is 9.40.